The van der Waals surface area contributed by atoms with E-state index < -0.39 is 31.0 Å². The fourth-order valence-corrected chi connectivity index (χ4v) is 3.06. The number of anilines is 1. The summed E-state index contributed by atoms with van der Waals surface area (Å²) in [5, 5.41) is 9.50. The summed E-state index contributed by atoms with van der Waals surface area (Å²) in [6.07, 6.45) is -0.631. The highest BCUT2D eigenvalue weighted by Gasteiger charge is 2.53. The Morgan fingerprint density at radius 2 is 2.13 bits per heavy atom. The Bertz CT molecular complexity index is 742. The van der Waals surface area contributed by atoms with Crippen molar-refractivity contribution in [1.82, 2.24) is 19.5 Å². The molecule has 2 aromatic rings. The molecule has 4 rings (SSSR count). The largest absolute Gasteiger partial charge is 0.394 e. The molecule has 11 heteroatoms. The van der Waals surface area contributed by atoms with Gasteiger partial charge >= 0.3 is 0 Å². The summed E-state index contributed by atoms with van der Waals surface area (Å²) in [5.41, 5.74) is 6.62. The van der Waals surface area contributed by atoms with Crippen molar-refractivity contribution in [2.75, 3.05) is 19.5 Å². The van der Waals surface area contributed by atoms with Gasteiger partial charge in [-0.25, -0.2) is 4.98 Å². The highest BCUT2D eigenvalue weighted by Crippen LogP contribution is 2.40. The van der Waals surface area contributed by atoms with E-state index in [1.165, 1.54) is 13.4 Å². The van der Waals surface area contributed by atoms with Crippen LogP contribution in [-0.4, -0.2) is 63.1 Å². The van der Waals surface area contributed by atoms with Crippen molar-refractivity contribution in [2.24, 2.45) is 0 Å². The number of rotatable bonds is 3. The molecule has 0 unspecified atom stereocenters. The maximum Gasteiger partial charge on any atom is 0.272 e. The van der Waals surface area contributed by atoms with E-state index in [-0.39, 0.29) is 17.7 Å². The van der Waals surface area contributed by atoms with Gasteiger partial charge in [-0.15, -0.1) is 0 Å². The van der Waals surface area contributed by atoms with Crippen LogP contribution in [0.5, 0.6) is 0 Å². The van der Waals surface area contributed by atoms with Crippen LogP contribution in [0.2, 0.25) is 5.28 Å². The van der Waals surface area contributed by atoms with Gasteiger partial charge in [0.25, 0.3) is 6.48 Å². The van der Waals surface area contributed by atoms with E-state index in [2.05, 4.69) is 15.0 Å². The van der Waals surface area contributed by atoms with Crippen LogP contribution in [0, 0.1) is 0 Å². The molecule has 0 spiro atoms. The molecule has 2 fully saturated rings. The Kier molecular flexibility index (Phi) is 3.59. The second-order valence-electron chi connectivity index (χ2n) is 5.18. The van der Waals surface area contributed by atoms with Crippen molar-refractivity contribution < 1.29 is 24.1 Å². The van der Waals surface area contributed by atoms with E-state index in [9.17, 15) is 5.11 Å². The van der Waals surface area contributed by atoms with Gasteiger partial charge in [0, 0.05) is 7.11 Å². The number of nitrogen functional groups attached to an aromatic ring is 1. The molecular weight excluding hydrogens is 330 g/mol. The average Bonchev–Trinajstić information content (AvgIpc) is 3.19. The summed E-state index contributed by atoms with van der Waals surface area (Å²) < 4.78 is 23.8. The molecule has 124 valence electrons. The summed E-state index contributed by atoms with van der Waals surface area (Å²) in [7, 11) is 1.47. The summed E-state index contributed by atoms with van der Waals surface area (Å²) in [6.45, 7) is -1.04. The second kappa shape index (κ2) is 5.51. The Balaban J connectivity index is 1.75. The van der Waals surface area contributed by atoms with E-state index in [4.69, 9.17) is 36.3 Å². The van der Waals surface area contributed by atoms with Crippen LogP contribution in [-0.2, 0) is 18.9 Å². The third-order valence-electron chi connectivity index (χ3n) is 3.89. The molecule has 0 amide bonds. The molecule has 2 aliphatic rings. The number of nitrogens with zero attached hydrogens (tertiary/aromatic N) is 4. The Labute approximate surface area is 135 Å². The molecule has 2 aromatic heterocycles. The number of halogens is 1. The van der Waals surface area contributed by atoms with E-state index in [1.54, 1.807) is 4.57 Å². The van der Waals surface area contributed by atoms with Crippen molar-refractivity contribution in [2.45, 2.75) is 31.0 Å². The fourth-order valence-electron chi connectivity index (χ4n) is 2.89. The highest BCUT2D eigenvalue weighted by atomic mass is 35.5. The first-order chi connectivity index (χ1) is 11.1. The molecule has 23 heavy (non-hydrogen) atoms. The van der Waals surface area contributed by atoms with Gasteiger partial charge in [0.15, 0.2) is 17.7 Å². The SMILES string of the molecule is CO[C@@H]1O[C@@H]2[C@H](O1)[C@@H](CO)O[C@H]2n1cnc2c(N)nc(Cl)nc21. The number of aromatic nitrogens is 4. The van der Waals surface area contributed by atoms with Crippen LogP contribution in [0.25, 0.3) is 11.2 Å². The number of ether oxygens (including phenoxy) is 4. The quantitative estimate of drug-likeness (QED) is 0.720. The van der Waals surface area contributed by atoms with Crippen molar-refractivity contribution >= 4 is 28.6 Å². The van der Waals surface area contributed by atoms with Crippen molar-refractivity contribution in [3.8, 4) is 0 Å². The minimum absolute atomic E-state index is 0.00311. The smallest absolute Gasteiger partial charge is 0.272 e. The van der Waals surface area contributed by atoms with Crippen LogP contribution in [0.1, 0.15) is 6.23 Å². The van der Waals surface area contributed by atoms with Gasteiger partial charge in [0.2, 0.25) is 5.28 Å². The first-order valence-corrected chi connectivity index (χ1v) is 7.25. The molecule has 0 bridgehead atoms. The molecule has 2 saturated heterocycles. The lowest BCUT2D eigenvalue weighted by molar-refractivity contribution is -0.256. The zero-order valence-electron chi connectivity index (χ0n) is 12.0. The third kappa shape index (κ3) is 2.26. The number of fused-ring (bicyclic) bond motifs is 2. The molecule has 0 aliphatic carbocycles. The molecule has 5 atom stereocenters. The zero-order valence-corrected chi connectivity index (χ0v) is 12.8. The number of nitrogens with two attached hydrogens (primary N) is 1. The second-order valence-corrected chi connectivity index (χ2v) is 5.51. The third-order valence-corrected chi connectivity index (χ3v) is 4.06. The zero-order chi connectivity index (χ0) is 16.1. The molecule has 4 heterocycles. The molecule has 0 aromatic carbocycles. The summed E-state index contributed by atoms with van der Waals surface area (Å²) in [5.74, 6) is 0.172. The standard InChI is InChI=1S/C12H14ClN5O5/c1-20-12-22-6-4(2-19)21-10(7(6)23-12)18-3-15-5-8(14)16-11(13)17-9(5)18/h3-4,6-7,10,12,19H,2H2,1H3,(H2,14,16,17)/t4-,6-,7-,10-,12+/m1/s1. The molecular formula is C12H14ClN5O5. The summed E-state index contributed by atoms with van der Waals surface area (Å²) >= 11 is 5.87. The molecule has 3 N–H and O–H groups in total. The molecule has 2 aliphatic heterocycles. The number of hydrogen-bond donors (Lipinski definition) is 2. The first kappa shape index (κ1) is 15.0. The average molecular weight is 344 g/mol. The lowest BCUT2D eigenvalue weighted by atomic mass is 10.1. The maximum absolute atomic E-state index is 9.50. The van der Waals surface area contributed by atoms with Crippen LogP contribution in [0.15, 0.2) is 6.33 Å². The molecule has 0 radical (unpaired) electrons. The molecule has 10 nitrogen and oxygen atoms in total. The predicted molar refractivity (Wildman–Crippen MR) is 76.3 cm³/mol. The van der Waals surface area contributed by atoms with Gasteiger partial charge in [0.05, 0.1) is 12.9 Å². The van der Waals surface area contributed by atoms with Gasteiger partial charge < -0.3 is 29.8 Å². The monoisotopic (exact) mass is 343 g/mol. The van der Waals surface area contributed by atoms with E-state index in [0.717, 1.165) is 0 Å². The predicted octanol–water partition coefficient (Wildman–Crippen LogP) is -0.334. The Hall–Kier alpha value is -1.56. The van der Waals surface area contributed by atoms with Crippen molar-refractivity contribution in [3.05, 3.63) is 11.6 Å². The number of hydrogen-bond acceptors (Lipinski definition) is 9. The van der Waals surface area contributed by atoms with Crippen LogP contribution in [0.3, 0.4) is 0 Å². The van der Waals surface area contributed by atoms with Crippen LogP contribution >= 0.6 is 11.6 Å². The number of aliphatic hydroxyl groups is 1. The van der Waals surface area contributed by atoms with Gasteiger partial charge in [-0.05, 0) is 11.6 Å². The normalized spacial score (nSPS) is 33.4. The van der Waals surface area contributed by atoms with Gasteiger partial charge in [-0.3, -0.25) is 4.57 Å². The maximum atomic E-state index is 9.50. The van der Waals surface area contributed by atoms with E-state index in [0.29, 0.717) is 11.2 Å². The Morgan fingerprint density at radius 3 is 2.87 bits per heavy atom. The van der Waals surface area contributed by atoms with E-state index in [1.807, 2.05) is 0 Å². The number of aliphatic hydroxyl groups excluding tert-OH is 1. The van der Waals surface area contributed by atoms with Crippen molar-refractivity contribution in [1.29, 1.82) is 0 Å². The minimum atomic E-state index is -0.816. The van der Waals surface area contributed by atoms with Gasteiger partial charge in [-0.2, -0.15) is 9.97 Å². The Morgan fingerprint density at radius 1 is 1.35 bits per heavy atom. The van der Waals surface area contributed by atoms with Crippen LogP contribution < -0.4 is 5.73 Å². The van der Waals surface area contributed by atoms with Crippen molar-refractivity contribution in [3.63, 3.8) is 0 Å². The number of imidazole rings is 1. The first-order valence-electron chi connectivity index (χ1n) is 6.88. The lowest BCUT2D eigenvalue weighted by Gasteiger charge is -2.19. The highest BCUT2D eigenvalue weighted by molar-refractivity contribution is 6.28. The lowest BCUT2D eigenvalue weighted by Crippen LogP contribution is -2.31. The summed E-state index contributed by atoms with van der Waals surface area (Å²) in [4.78, 5) is 12.2. The number of methoxy groups -OCH3 is 1. The fraction of sp³-hybridized carbons (Fsp3) is 0.583. The van der Waals surface area contributed by atoms with Gasteiger partial charge in [0.1, 0.15) is 23.8 Å². The molecule has 0 saturated carbocycles. The topological polar surface area (TPSA) is 127 Å². The summed E-state index contributed by atoms with van der Waals surface area (Å²) in [6, 6.07) is 0. The van der Waals surface area contributed by atoms with Crippen LogP contribution in [0.4, 0.5) is 5.82 Å². The van der Waals surface area contributed by atoms with E-state index >= 15 is 0 Å². The minimum Gasteiger partial charge on any atom is -0.394 e. The van der Waals surface area contributed by atoms with Gasteiger partial charge in [-0.1, -0.05) is 0 Å².